The summed E-state index contributed by atoms with van der Waals surface area (Å²) < 4.78 is 0. The monoisotopic (exact) mass is 270 g/mol. The summed E-state index contributed by atoms with van der Waals surface area (Å²) in [6.07, 6.45) is 3.97. The van der Waals surface area contributed by atoms with E-state index in [1.54, 1.807) is 11.1 Å². The molecule has 2 bridgehead atoms. The molecule has 0 N–H and O–H groups in total. The van der Waals surface area contributed by atoms with Gasteiger partial charge in [-0.3, -0.25) is 0 Å². The molecule has 2 nitrogen and oxygen atoms in total. The van der Waals surface area contributed by atoms with Crippen LogP contribution >= 0.6 is 0 Å². The van der Waals surface area contributed by atoms with Crippen molar-refractivity contribution in [2.24, 2.45) is 5.92 Å². The average molecular weight is 270 g/mol. The van der Waals surface area contributed by atoms with E-state index in [0.717, 1.165) is 12.0 Å². The van der Waals surface area contributed by atoms with E-state index in [0.29, 0.717) is 5.41 Å². The standard InChI is InChI=1S/C18H26N2/c1-13-4-5-14-11-17-16-12-19(2)8-6-18(16,15(14)10-13)7-9-20(17)3/h4-5,10,16-17H,6-9,11-12H2,1-3H3/t16-,17+,18-/m0/s1. The summed E-state index contributed by atoms with van der Waals surface area (Å²) in [5.41, 5.74) is 5.25. The van der Waals surface area contributed by atoms with Gasteiger partial charge in [0.1, 0.15) is 0 Å². The second-order valence-corrected chi connectivity index (χ2v) is 7.44. The molecule has 0 amide bonds. The number of piperidine rings is 2. The maximum atomic E-state index is 2.63. The quantitative estimate of drug-likeness (QED) is 0.714. The summed E-state index contributed by atoms with van der Waals surface area (Å²) in [4.78, 5) is 5.18. The lowest BCUT2D eigenvalue weighted by atomic mass is 9.54. The number of benzene rings is 1. The Morgan fingerprint density at radius 2 is 1.95 bits per heavy atom. The molecular formula is C18H26N2. The third-order valence-electron chi connectivity index (χ3n) is 6.33. The van der Waals surface area contributed by atoms with Gasteiger partial charge in [0.15, 0.2) is 0 Å². The summed E-state index contributed by atoms with van der Waals surface area (Å²) in [6.45, 7) is 6.07. The van der Waals surface area contributed by atoms with E-state index in [2.05, 4.69) is 49.0 Å². The molecular weight excluding hydrogens is 244 g/mol. The third kappa shape index (κ3) is 1.64. The molecule has 1 aromatic carbocycles. The first-order chi connectivity index (χ1) is 9.60. The van der Waals surface area contributed by atoms with E-state index in [4.69, 9.17) is 0 Å². The van der Waals surface area contributed by atoms with Crippen molar-refractivity contribution < 1.29 is 0 Å². The van der Waals surface area contributed by atoms with Crippen molar-refractivity contribution in [3.8, 4) is 0 Å². The number of hydrogen-bond donors (Lipinski definition) is 0. The van der Waals surface area contributed by atoms with E-state index in [9.17, 15) is 0 Å². The Morgan fingerprint density at radius 3 is 2.80 bits per heavy atom. The van der Waals surface area contributed by atoms with Crippen molar-refractivity contribution in [1.29, 1.82) is 0 Å². The van der Waals surface area contributed by atoms with Crippen molar-refractivity contribution in [1.82, 2.24) is 9.80 Å². The van der Waals surface area contributed by atoms with Gasteiger partial charge in [0, 0.05) is 18.0 Å². The van der Waals surface area contributed by atoms with E-state index < -0.39 is 0 Å². The Hall–Kier alpha value is -0.860. The molecule has 3 atom stereocenters. The highest BCUT2D eigenvalue weighted by molar-refractivity contribution is 5.43. The first-order valence-corrected chi connectivity index (χ1v) is 8.09. The van der Waals surface area contributed by atoms with Gasteiger partial charge in [0.2, 0.25) is 0 Å². The van der Waals surface area contributed by atoms with Gasteiger partial charge in [-0.05, 0) is 70.4 Å². The van der Waals surface area contributed by atoms with Gasteiger partial charge in [-0.15, -0.1) is 0 Å². The van der Waals surface area contributed by atoms with Gasteiger partial charge < -0.3 is 9.80 Å². The lowest BCUT2D eigenvalue weighted by Gasteiger charge is -2.59. The van der Waals surface area contributed by atoms with Crippen LogP contribution in [0.15, 0.2) is 18.2 Å². The normalized spacial score (nSPS) is 37.4. The topological polar surface area (TPSA) is 6.48 Å². The molecule has 2 saturated heterocycles. The largest absolute Gasteiger partial charge is 0.306 e. The summed E-state index contributed by atoms with van der Waals surface area (Å²) in [7, 11) is 4.64. The zero-order chi connectivity index (χ0) is 13.9. The van der Waals surface area contributed by atoms with Crippen LogP contribution in [0.3, 0.4) is 0 Å². The van der Waals surface area contributed by atoms with Gasteiger partial charge in [-0.2, -0.15) is 0 Å². The number of nitrogens with zero attached hydrogens (tertiary/aromatic N) is 2. The lowest BCUT2D eigenvalue weighted by molar-refractivity contribution is -0.0207. The molecule has 2 fully saturated rings. The van der Waals surface area contributed by atoms with E-state index >= 15 is 0 Å². The summed E-state index contributed by atoms with van der Waals surface area (Å²) in [5, 5.41) is 0. The number of hydrogen-bond acceptors (Lipinski definition) is 2. The fraction of sp³-hybridized carbons (Fsp3) is 0.667. The van der Waals surface area contributed by atoms with Crippen LogP contribution in [-0.2, 0) is 11.8 Å². The van der Waals surface area contributed by atoms with Crippen molar-refractivity contribution in [2.45, 2.75) is 37.6 Å². The first kappa shape index (κ1) is 12.8. The minimum atomic E-state index is 0.475. The van der Waals surface area contributed by atoms with Crippen molar-refractivity contribution in [2.75, 3.05) is 33.7 Å². The molecule has 0 radical (unpaired) electrons. The number of likely N-dealkylation sites (tertiary alicyclic amines) is 2. The Labute approximate surface area is 122 Å². The Bertz CT molecular complexity index is 534. The van der Waals surface area contributed by atoms with Gasteiger partial charge in [0.25, 0.3) is 0 Å². The fourth-order valence-electron chi connectivity index (χ4n) is 5.15. The molecule has 0 spiro atoms. The summed E-state index contributed by atoms with van der Waals surface area (Å²) >= 11 is 0. The Balaban J connectivity index is 1.88. The first-order valence-electron chi connectivity index (χ1n) is 8.09. The maximum Gasteiger partial charge on any atom is 0.0182 e. The predicted molar refractivity (Wildman–Crippen MR) is 83.2 cm³/mol. The summed E-state index contributed by atoms with van der Waals surface area (Å²) in [5.74, 6) is 0.828. The van der Waals surface area contributed by atoms with E-state index in [1.165, 1.54) is 44.5 Å². The zero-order valence-electron chi connectivity index (χ0n) is 13.0. The molecule has 2 heteroatoms. The second kappa shape index (κ2) is 4.32. The van der Waals surface area contributed by atoms with Crippen LogP contribution < -0.4 is 0 Å². The van der Waals surface area contributed by atoms with Crippen LogP contribution in [0.2, 0.25) is 0 Å². The van der Waals surface area contributed by atoms with Crippen LogP contribution in [0.4, 0.5) is 0 Å². The van der Waals surface area contributed by atoms with Gasteiger partial charge in [-0.25, -0.2) is 0 Å². The molecule has 108 valence electrons. The number of fused-ring (bicyclic) bond motifs is 1. The minimum Gasteiger partial charge on any atom is -0.306 e. The molecule has 0 saturated carbocycles. The highest BCUT2D eigenvalue weighted by Crippen LogP contribution is 2.52. The smallest absolute Gasteiger partial charge is 0.0182 e. The number of aryl methyl sites for hydroxylation is 1. The predicted octanol–water partition coefficient (Wildman–Crippen LogP) is 2.44. The second-order valence-electron chi connectivity index (χ2n) is 7.44. The third-order valence-corrected chi connectivity index (χ3v) is 6.33. The maximum absolute atomic E-state index is 2.63. The SMILES string of the molecule is Cc1ccc2c(c1)[C@@]13CCN(C)C[C@H]1[C@@H](C2)N(C)CC3. The molecule has 2 aliphatic heterocycles. The Kier molecular flexibility index (Phi) is 2.77. The highest BCUT2D eigenvalue weighted by Gasteiger charge is 2.53. The minimum absolute atomic E-state index is 0.475. The molecule has 20 heavy (non-hydrogen) atoms. The fourth-order valence-corrected chi connectivity index (χ4v) is 5.15. The molecule has 4 rings (SSSR count). The molecule has 1 aliphatic carbocycles. The van der Waals surface area contributed by atoms with Crippen molar-refractivity contribution >= 4 is 0 Å². The van der Waals surface area contributed by atoms with E-state index in [-0.39, 0.29) is 0 Å². The molecule has 2 heterocycles. The Morgan fingerprint density at radius 1 is 1.15 bits per heavy atom. The summed E-state index contributed by atoms with van der Waals surface area (Å²) in [6, 6.07) is 7.98. The lowest BCUT2D eigenvalue weighted by Crippen LogP contribution is -2.64. The number of likely N-dealkylation sites (N-methyl/N-ethyl adjacent to an activating group) is 1. The van der Waals surface area contributed by atoms with Crippen LogP contribution in [0, 0.1) is 12.8 Å². The van der Waals surface area contributed by atoms with Crippen LogP contribution in [0.25, 0.3) is 0 Å². The van der Waals surface area contributed by atoms with Gasteiger partial charge in [0.05, 0.1) is 0 Å². The van der Waals surface area contributed by atoms with E-state index in [1.807, 2.05) is 0 Å². The van der Waals surface area contributed by atoms with Gasteiger partial charge in [-0.1, -0.05) is 23.8 Å². The van der Waals surface area contributed by atoms with Crippen LogP contribution in [0.5, 0.6) is 0 Å². The molecule has 0 aromatic heterocycles. The van der Waals surface area contributed by atoms with Crippen LogP contribution in [0.1, 0.15) is 29.5 Å². The molecule has 1 aromatic rings. The van der Waals surface area contributed by atoms with Crippen LogP contribution in [-0.4, -0.2) is 49.6 Å². The van der Waals surface area contributed by atoms with Crippen molar-refractivity contribution in [3.05, 3.63) is 34.9 Å². The average Bonchev–Trinajstić information content (AvgIpc) is 2.43. The van der Waals surface area contributed by atoms with Gasteiger partial charge >= 0.3 is 0 Å². The highest BCUT2D eigenvalue weighted by atomic mass is 15.2. The molecule has 0 unspecified atom stereocenters. The van der Waals surface area contributed by atoms with Crippen molar-refractivity contribution in [3.63, 3.8) is 0 Å². The number of rotatable bonds is 0. The zero-order valence-corrected chi connectivity index (χ0v) is 13.0. The molecule has 3 aliphatic rings.